The Labute approximate surface area is 251 Å². The van der Waals surface area contributed by atoms with Crippen molar-refractivity contribution >= 4 is 32.7 Å². The Morgan fingerprint density at radius 2 is 1.05 bits per heavy atom. The molecule has 0 aliphatic heterocycles. The first-order valence-electron chi connectivity index (χ1n) is 13.6. The molecule has 0 fully saturated rings. The lowest BCUT2D eigenvalue weighted by Gasteiger charge is -2.16. The lowest BCUT2D eigenvalue weighted by Crippen LogP contribution is -2.00. The van der Waals surface area contributed by atoms with Crippen LogP contribution < -0.4 is 0 Å². The topological polar surface area (TPSA) is 134 Å². The van der Waals surface area contributed by atoms with Gasteiger partial charge in [-0.05, 0) is 48.5 Å². The molecule has 0 saturated carbocycles. The third kappa shape index (κ3) is 4.23. The largest absolute Gasteiger partial charge is 0.247 e. The number of nitrogens with zero attached hydrogens (tertiary/aromatic N) is 7. The Kier molecular flexibility index (Phi) is 6.19. The molecule has 200 valence electrons. The van der Waals surface area contributed by atoms with E-state index in [1.54, 1.807) is 42.5 Å². The Morgan fingerprint density at radius 3 is 1.66 bits per heavy atom. The third-order valence-corrected chi connectivity index (χ3v) is 7.57. The molecule has 0 unspecified atom stereocenters. The molecule has 44 heavy (non-hydrogen) atoms. The summed E-state index contributed by atoms with van der Waals surface area (Å²) in [7, 11) is 0. The van der Waals surface area contributed by atoms with Crippen molar-refractivity contribution in [2.24, 2.45) is 0 Å². The molecule has 7 rings (SSSR count). The van der Waals surface area contributed by atoms with Crippen molar-refractivity contribution < 1.29 is 0 Å². The summed E-state index contributed by atoms with van der Waals surface area (Å²) in [5, 5.41) is 41.0. The monoisotopic (exact) mass is 559 g/mol. The maximum absolute atomic E-state index is 10.4. The molecule has 5 aromatic carbocycles. The predicted molar refractivity (Wildman–Crippen MR) is 168 cm³/mol. The van der Waals surface area contributed by atoms with Gasteiger partial charge in [0.2, 0.25) is 0 Å². The highest BCUT2D eigenvalue weighted by Crippen LogP contribution is 2.40. The van der Waals surface area contributed by atoms with E-state index in [0.717, 1.165) is 33.0 Å². The molecule has 2 aromatic heterocycles. The van der Waals surface area contributed by atoms with Crippen LogP contribution in [-0.2, 0) is 0 Å². The van der Waals surface area contributed by atoms with Crippen molar-refractivity contribution in [1.29, 1.82) is 21.0 Å². The van der Waals surface area contributed by atoms with Crippen LogP contribution in [0.1, 0.15) is 22.3 Å². The smallest absolute Gasteiger partial charge is 0.108 e. The van der Waals surface area contributed by atoms with Gasteiger partial charge in [0.05, 0.1) is 68.6 Å². The highest BCUT2D eigenvalue weighted by atomic mass is 14.8. The molecule has 0 atom stereocenters. The summed E-state index contributed by atoms with van der Waals surface area (Å²) in [6, 6.07) is 39.8. The molecule has 0 radical (unpaired) electrons. The van der Waals surface area contributed by atoms with Gasteiger partial charge in [-0.3, -0.25) is 0 Å². The van der Waals surface area contributed by atoms with Crippen LogP contribution in [0, 0.1) is 45.3 Å². The predicted octanol–water partition coefficient (Wildman–Crippen LogP) is 7.82. The van der Waals surface area contributed by atoms with Gasteiger partial charge in [-0.2, -0.15) is 21.0 Å². The second-order valence-corrected chi connectivity index (χ2v) is 10.1. The van der Waals surface area contributed by atoms with E-state index in [2.05, 4.69) is 24.3 Å². The zero-order valence-corrected chi connectivity index (χ0v) is 22.9. The molecule has 2 heterocycles. The summed E-state index contributed by atoms with van der Waals surface area (Å²) in [5.74, 6) is 0. The van der Waals surface area contributed by atoms with Gasteiger partial charge in [-0.15, -0.1) is 0 Å². The number of aromatic nitrogens is 3. The molecule has 0 amide bonds. The highest BCUT2D eigenvalue weighted by Gasteiger charge is 2.21. The maximum atomic E-state index is 10.4. The number of hydrogen-bond donors (Lipinski definition) is 0. The van der Waals surface area contributed by atoms with Gasteiger partial charge >= 0.3 is 0 Å². The molecule has 7 heteroatoms. The number of benzene rings is 5. The molecule has 7 nitrogen and oxygen atoms in total. The van der Waals surface area contributed by atoms with Crippen molar-refractivity contribution in [2.45, 2.75) is 0 Å². The van der Waals surface area contributed by atoms with Crippen molar-refractivity contribution in [2.75, 3.05) is 0 Å². The standard InChI is InChI=1S/C37H17N7/c38-18-22-8-12-25(13-9-22)34-35(26-14-10-23(19-39)11-15-26)44-37-32-29-6-1-2-7-31(29)42-33(27-5-3-4-24(16-27)20-40)30(32)17-28(21-41)36(37)43-34/h1-17H. The number of hydrogen-bond acceptors (Lipinski definition) is 7. The van der Waals surface area contributed by atoms with Crippen LogP contribution in [-0.4, -0.2) is 15.0 Å². The first kappa shape index (κ1) is 26.0. The highest BCUT2D eigenvalue weighted by molar-refractivity contribution is 6.22. The number of rotatable bonds is 3. The van der Waals surface area contributed by atoms with Crippen LogP contribution in [0.25, 0.3) is 66.5 Å². The van der Waals surface area contributed by atoms with E-state index in [1.165, 1.54) is 0 Å². The Bertz CT molecular complexity index is 2470. The van der Waals surface area contributed by atoms with E-state index in [0.29, 0.717) is 55.8 Å². The molecule has 0 bridgehead atoms. The number of para-hydroxylation sites is 1. The molecule has 0 N–H and O–H groups in total. The molecular weight excluding hydrogens is 542 g/mol. The van der Waals surface area contributed by atoms with Crippen molar-refractivity contribution in [3.8, 4) is 58.0 Å². The van der Waals surface area contributed by atoms with E-state index in [-0.39, 0.29) is 0 Å². The molecule has 7 aromatic rings. The van der Waals surface area contributed by atoms with Crippen LogP contribution in [0.5, 0.6) is 0 Å². The first-order valence-corrected chi connectivity index (χ1v) is 13.6. The minimum absolute atomic E-state index is 0.330. The Balaban J connectivity index is 1.66. The van der Waals surface area contributed by atoms with Gasteiger partial charge < -0.3 is 0 Å². The fourth-order valence-corrected chi connectivity index (χ4v) is 5.48. The van der Waals surface area contributed by atoms with Crippen molar-refractivity contribution in [3.63, 3.8) is 0 Å². The zero-order chi connectivity index (χ0) is 30.2. The van der Waals surface area contributed by atoms with Gasteiger partial charge in [0.25, 0.3) is 0 Å². The molecule has 0 spiro atoms. The zero-order valence-electron chi connectivity index (χ0n) is 22.9. The first-order chi connectivity index (χ1) is 21.6. The van der Waals surface area contributed by atoms with E-state index < -0.39 is 0 Å². The van der Waals surface area contributed by atoms with Crippen LogP contribution in [0.3, 0.4) is 0 Å². The van der Waals surface area contributed by atoms with E-state index in [1.807, 2.05) is 60.7 Å². The fourth-order valence-electron chi connectivity index (χ4n) is 5.48. The molecule has 0 aliphatic rings. The normalized spacial score (nSPS) is 10.6. The number of nitriles is 4. The van der Waals surface area contributed by atoms with E-state index in [9.17, 15) is 21.0 Å². The fraction of sp³-hybridized carbons (Fsp3) is 0. The summed E-state index contributed by atoms with van der Waals surface area (Å²) in [6.07, 6.45) is 0. The van der Waals surface area contributed by atoms with Crippen molar-refractivity contribution in [1.82, 2.24) is 15.0 Å². The van der Waals surface area contributed by atoms with Crippen LogP contribution in [0.15, 0.2) is 103 Å². The SMILES string of the molecule is N#Cc1ccc(-c2nc3c(C#N)cc4c(-c5cccc(C#N)c5)nc5ccccc5c4c3nc2-c2ccc(C#N)cc2)cc1. The summed E-state index contributed by atoms with van der Waals surface area (Å²) in [5.41, 5.74) is 7.53. The van der Waals surface area contributed by atoms with Crippen molar-refractivity contribution in [3.05, 3.63) is 125 Å². The van der Waals surface area contributed by atoms with Crippen LogP contribution in [0.4, 0.5) is 0 Å². The van der Waals surface area contributed by atoms with Crippen LogP contribution >= 0.6 is 0 Å². The molecule has 0 aliphatic carbocycles. The lowest BCUT2D eigenvalue weighted by atomic mass is 9.95. The second-order valence-electron chi connectivity index (χ2n) is 10.1. The number of pyridine rings is 1. The summed E-state index contributed by atoms with van der Waals surface area (Å²) < 4.78 is 0. The summed E-state index contributed by atoms with van der Waals surface area (Å²) in [4.78, 5) is 15.3. The molecule has 0 saturated heterocycles. The Morgan fingerprint density at radius 1 is 0.432 bits per heavy atom. The summed E-state index contributed by atoms with van der Waals surface area (Å²) >= 11 is 0. The third-order valence-electron chi connectivity index (χ3n) is 7.57. The second kappa shape index (κ2) is 10.5. The van der Waals surface area contributed by atoms with Gasteiger partial charge in [0, 0.05) is 32.8 Å². The van der Waals surface area contributed by atoms with Gasteiger partial charge in [-0.1, -0.05) is 54.6 Å². The Hall–Kier alpha value is -6.93. The van der Waals surface area contributed by atoms with Gasteiger partial charge in [-0.25, -0.2) is 15.0 Å². The van der Waals surface area contributed by atoms with Gasteiger partial charge in [0.15, 0.2) is 0 Å². The van der Waals surface area contributed by atoms with E-state index in [4.69, 9.17) is 15.0 Å². The molecular formula is C37H17N7. The number of fused-ring (bicyclic) bond motifs is 5. The minimum atomic E-state index is 0.330. The summed E-state index contributed by atoms with van der Waals surface area (Å²) in [6.45, 7) is 0. The lowest BCUT2D eigenvalue weighted by molar-refractivity contribution is 1.29. The average Bonchev–Trinajstić information content (AvgIpc) is 3.10. The van der Waals surface area contributed by atoms with Gasteiger partial charge in [0.1, 0.15) is 11.6 Å². The van der Waals surface area contributed by atoms with Crippen LogP contribution in [0.2, 0.25) is 0 Å². The quantitative estimate of drug-likeness (QED) is 0.201. The maximum Gasteiger partial charge on any atom is 0.108 e. The minimum Gasteiger partial charge on any atom is -0.247 e. The van der Waals surface area contributed by atoms with E-state index >= 15 is 0 Å². The average molecular weight is 560 g/mol.